The minimum absolute atomic E-state index is 0.0887. The Morgan fingerprint density at radius 1 is 1.57 bits per heavy atom. The molecule has 5 heteroatoms. The third-order valence-electron chi connectivity index (χ3n) is 1.77. The first kappa shape index (κ1) is 10.3. The van der Waals surface area contributed by atoms with Crippen molar-refractivity contribution in [3.63, 3.8) is 0 Å². The molecule has 0 aliphatic carbocycles. The lowest BCUT2D eigenvalue weighted by atomic mass is 10.3. The molecule has 1 rings (SSSR count). The molecule has 4 N–H and O–H groups in total. The van der Waals surface area contributed by atoms with Gasteiger partial charge in [-0.05, 0) is 19.1 Å². The molecule has 0 aromatic carbocycles. The number of nitrogens with one attached hydrogen (secondary N) is 2. The fourth-order valence-electron chi connectivity index (χ4n) is 1.04. The number of nitrogens with zero attached hydrogens (tertiary/aromatic N) is 1. The molecule has 1 heterocycles. The maximum Gasteiger partial charge on any atom is 0.241 e. The molecule has 0 aliphatic rings. The average Bonchev–Trinajstić information content (AvgIpc) is 2.16. The number of pyridine rings is 1. The Hall–Kier alpha value is -1.78. The standard InChI is InChI=1S/C9H14N4O/c1-6(9(14)11-2)12-8-5-3-4-7(10)13-8/h3-6H,1-2H3,(H,11,14)(H3,10,12,13). The molecule has 0 spiro atoms. The van der Waals surface area contributed by atoms with Gasteiger partial charge in [-0.3, -0.25) is 4.79 Å². The predicted molar refractivity (Wildman–Crippen MR) is 55.8 cm³/mol. The second kappa shape index (κ2) is 4.45. The van der Waals surface area contributed by atoms with E-state index >= 15 is 0 Å². The van der Waals surface area contributed by atoms with Crippen molar-refractivity contribution in [2.75, 3.05) is 18.1 Å². The number of anilines is 2. The average molecular weight is 194 g/mol. The van der Waals surface area contributed by atoms with Crippen molar-refractivity contribution in [1.29, 1.82) is 0 Å². The number of hydrogen-bond donors (Lipinski definition) is 3. The van der Waals surface area contributed by atoms with Gasteiger partial charge in [0.1, 0.15) is 17.7 Å². The van der Waals surface area contributed by atoms with Crippen LogP contribution in [0.25, 0.3) is 0 Å². The van der Waals surface area contributed by atoms with Crippen LogP contribution in [0, 0.1) is 0 Å². The van der Waals surface area contributed by atoms with E-state index in [-0.39, 0.29) is 11.9 Å². The van der Waals surface area contributed by atoms with Gasteiger partial charge in [-0.2, -0.15) is 0 Å². The van der Waals surface area contributed by atoms with Crippen molar-refractivity contribution in [1.82, 2.24) is 10.3 Å². The van der Waals surface area contributed by atoms with E-state index in [4.69, 9.17) is 5.73 Å². The molecule has 1 aromatic rings. The summed E-state index contributed by atoms with van der Waals surface area (Å²) in [5.74, 6) is 0.939. The molecule has 0 saturated heterocycles. The summed E-state index contributed by atoms with van der Waals surface area (Å²) in [5, 5.41) is 5.47. The highest BCUT2D eigenvalue weighted by atomic mass is 16.2. The Bertz CT molecular complexity index is 326. The van der Waals surface area contributed by atoms with E-state index in [1.54, 1.807) is 32.2 Å². The second-order valence-corrected chi connectivity index (χ2v) is 2.93. The van der Waals surface area contributed by atoms with Gasteiger partial charge in [-0.25, -0.2) is 4.98 Å². The molecule has 1 atom stereocenters. The van der Waals surface area contributed by atoms with Crippen molar-refractivity contribution >= 4 is 17.5 Å². The van der Waals surface area contributed by atoms with Crippen molar-refractivity contribution in [3.05, 3.63) is 18.2 Å². The van der Waals surface area contributed by atoms with E-state index in [1.165, 1.54) is 0 Å². The largest absolute Gasteiger partial charge is 0.384 e. The number of amides is 1. The quantitative estimate of drug-likeness (QED) is 0.642. The summed E-state index contributed by atoms with van der Waals surface area (Å²) >= 11 is 0. The number of likely N-dealkylation sites (N-methyl/N-ethyl adjacent to an activating group) is 1. The van der Waals surface area contributed by atoms with Gasteiger partial charge in [-0.15, -0.1) is 0 Å². The molecular weight excluding hydrogens is 180 g/mol. The highest BCUT2D eigenvalue weighted by Gasteiger charge is 2.10. The van der Waals surface area contributed by atoms with E-state index in [0.717, 1.165) is 0 Å². The zero-order valence-electron chi connectivity index (χ0n) is 8.24. The fourth-order valence-corrected chi connectivity index (χ4v) is 1.04. The second-order valence-electron chi connectivity index (χ2n) is 2.93. The van der Waals surface area contributed by atoms with Crippen molar-refractivity contribution in [2.45, 2.75) is 13.0 Å². The van der Waals surface area contributed by atoms with E-state index in [1.807, 2.05) is 0 Å². The lowest BCUT2D eigenvalue weighted by Crippen LogP contribution is -2.35. The van der Waals surface area contributed by atoms with Crippen LogP contribution < -0.4 is 16.4 Å². The van der Waals surface area contributed by atoms with Crippen LogP contribution in [0.5, 0.6) is 0 Å². The summed E-state index contributed by atoms with van der Waals surface area (Å²) in [5.41, 5.74) is 5.49. The Morgan fingerprint density at radius 3 is 2.86 bits per heavy atom. The highest BCUT2D eigenvalue weighted by Crippen LogP contribution is 2.06. The van der Waals surface area contributed by atoms with Crippen molar-refractivity contribution < 1.29 is 4.79 Å². The maximum atomic E-state index is 11.2. The Balaban J connectivity index is 2.64. The van der Waals surface area contributed by atoms with Crippen LogP contribution in [0.3, 0.4) is 0 Å². The lowest BCUT2D eigenvalue weighted by Gasteiger charge is -2.12. The van der Waals surface area contributed by atoms with Crippen LogP contribution in [0.1, 0.15) is 6.92 Å². The minimum atomic E-state index is -0.325. The van der Waals surface area contributed by atoms with Crippen LogP contribution in [-0.4, -0.2) is 24.0 Å². The maximum absolute atomic E-state index is 11.2. The van der Waals surface area contributed by atoms with Gasteiger partial charge in [0.05, 0.1) is 0 Å². The Morgan fingerprint density at radius 2 is 2.29 bits per heavy atom. The summed E-state index contributed by atoms with van der Waals surface area (Å²) < 4.78 is 0. The molecule has 14 heavy (non-hydrogen) atoms. The minimum Gasteiger partial charge on any atom is -0.384 e. The molecule has 0 bridgehead atoms. The van der Waals surface area contributed by atoms with Gasteiger partial charge < -0.3 is 16.4 Å². The number of nitrogens with two attached hydrogens (primary N) is 1. The number of carbonyl (C=O) groups is 1. The molecule has 1 aromatic heterocycles. The third-order valence-corrected chi connectivity index (χ3v) is 1.77. The smallest absolute Gasteiger partial charge is 0.241 e. The van der Waals surface area contributed by atoms with E-state index in [2.05, 4.69) is 15.6 Å². The van der Waals surface area contributed by atoms with Gasteiger partial charge in [0.25, 0.3) is 0 Å². The monoisotopic (exact) mass is 194 g/mol. The van der Waals surface area contributed by atoms with E-state index in [0.29, 0.717) is 11.6 Å². The first-order chi connectivity index (χ1) is 6.63. The zero-order valence-corrected chi connectivity index (χ0v) is 8.24. The van der Waals surface area contributed by atoms with E-state index in [9.17, 15) is 4.79 Å². The molecule has 1 amide bonds. The topological polar surface area (TPSA) is 80.0 Å². The normalized spacial score (nSPS) is 11.9. The Labute approximate surface area is 82.7 Å². The Kier molecular flexibility index (Phi) is 3.28. The van der Waals surface area contributed by atoms with E-state index < -0.39 is 0 Å². The summed E-state index contributed by atoms with van der Waals surface area (Å²) in [6, 6.07) is 4.90. The van der Waals surface area contributed by atoms with Gasteiger partial charge in [0.15, 0.2) is 0 Å². The first-order valence-corrected chi connectivity index (χ1v) is 4.34. The SMILES string of the molecule is CNC(=O)C(C)Nc1cccc(N)n1. The van der Waals surface area contributed by atoms with Crippen LogP contribution in [0.2, 0.25) is 0 Å². The molecule has 76 valence electrons. The van der Waals surface area contributed by atoms with Gasteiger partial charge in [-0.1, -0.05) is 6.07 Å². The summed E-state index contributed by atoms with van der Waals surface area (Å²) in [4.78, 5) is 15.2. The van der Waals surface area contributed by atoms with Crippen LogP contribution in [0.15, 0.2) is 18.2 Å². The molecule has 0 saturated carbocycles. The molecule has 5 nitrogen and oxygen atoms in total. The summed E-state index contributed by atoms with van der Waals surface area (Å²) in [6.45, 7) is 1.75. The van der Waals surface area contributed by atoms with Crippen molar-refractivity contribution in [2.24, 2.45) is 0 Å². The van der Waals surface area contributed by atoms with Crippen LogP contribution in [-0.2, 0) is 4.79 Å². The molecule has 0 fully saturated rings. The van der Waals surface area contributed by atoms with Gasteiger partial charge in [0, 0.05) is 7.05 Å². The molecule has 0 radical (unpaired) electrons. The number of nitrogen functional groups attached to an aromatic ring is 1. The first-order valence-electron chi connectivity index (χ1n) is 4.34. The lowest BCUT2D eigenvalue weighted by molar-refractivity contribution is -0.121. The number of carbonyl (C=O) groups excluding carboxylic acids is 1. The molecule has 0 aliphatic heterocycles. The molecular formula is C9H14N4O. The zero-order chi connectivity index (χ0) is 10.6. The van der Waals surface area contributed by atoms with Gasteiger partial charge in [0.2, 0.25) is 5.91 Å². The highest BCUT2D eigenvalue weighted by molar-refractivity contribution is 5.83. The predicted octanol–water partition coefficient (Wildman–Crippen LogP) is 0.210. The summed E-state index contributed by atoms with van der Waals surface area (Å²) in [7, 11) is 1.59. The number of rotatable bonds is 3. The summed E-state index contributed by atoms with van der Waals surface area (Å²) in [6.07, 6.45) is 0. The third kappa shape index (κ3) is 2.62. The van der Waals surface area contributed by atoms with Crippen molar-refractivity contribution in [3.8, 4) is 0 Å². The van der Waals surface area contributed by atoms with Gasteiger partial charge >= 0.3 is 0 Å². The fraction of sp³-hybridized carbons (Fsp3) is 0.333. The van der Waals surface area contributed by atoms with Crippen LogP contribution in [0.4, 0.5) is 11.6 Å². The number of hydrogen-bond acceptors (Lipinski definition) is 4. The number of aromatic nitrogens is 1. The van der Waals surface area contributed by atoms with Crippen LogP contribution >= 0.6 is 0 Å². The molecule has 1 unspecified atom stereocenters.